The van der Waals surface area contributed by atoms with Crippen molar-refractivity contribution in [1.29, 1.82) is 0 Å². The quantitative estimate of drug-likeness (QED) is 0.693. The molecule has 0 aliphatic heterocycles. The highest BCUT2D eigenvalue weighted by Gasteiger charge is 2.04. The van der Waals surface area contributed by atoms with Crippen molar-refractivity contribution in [3.8, 4) is 0 Å². The molecule has 0 radical (unpaired) electrons. The van der Waals surface area contributed by atoms with Gasteiger partial charge in [0.1, 0.15) is 18.9 Å². The average molecular weight is 197 g/mol. The third-order valence-electron chi connectivity index (χ3n) is 2.10. The van der Waals surface area contributed by atoms with Crippen LogP contribution in [0.4, 0.5) is 0 Å². The van der Waals surface area contributed by atoms with Gasteiger partial charge in [-0.25, -0.2) is 9.13 Å². The fraction of sp³-hybridized carbons (Fsp3) is 0.600. The van der Waals surface area contributed by atoms with Crippen LogP contribution in [-0.4, -0.2) is 15.6 Å². The molecule has 4 heteroatoms. The number of carboxylic acids is 1. The van der Waals surface area contributed by atoms with E-state index in [1.165, 1.54) is 6.42 Å². The molecule has 1 rings (SSSR count). The molecule has 0 aliphatic carbocycles. The van der Waals surface area contributed by atoms with Crippen LogP contribution in [0, 0.1) is 0 Å². The number of carbonyl (C=O) groups is 1. The zero-order chi connectivity index (χ0) is 10.4. The highest BCUT2D eigenvalue weighted by atomic mass is 16.4. The third kappa shape index (κ3) is 3.60. The van der Waals surface area contributed by atoms with Crippen molar-refractivity contribution in [2.75, 3.05) is 0 Å². The van der Waals surface area contributed by atoms with Gasteiger partial charge in [0, 0.05) is 0 Å². The van der Waals surface area contributed by atoms with Gasteiger partial charge in [0.05, 0.1) is 13.0 Å². The smallest absolute Gasteiger partial charge is 0.307 e. The van der Waals surface area contributed by atoms with Crippen molar-refractivity contribution in [2.24, 2.45) is 0 Å². The van der Waals surface area contributed by atoms with Gasteiger partial charge in [0.15, 0.2) is 0 Å². The molecule has 0 saturated carbocycles. The van der Waals surface area contributed by atoms with Crippen LogP contribution in [0.5, 0.6) is 0 Å². The van der Waals surface area contributed by atoms with Crippen molar-refractivity contribution in [1.82, 2.24) is 4.57 Å². The lowest BCUT2D eigenvalue weighted by Crippen LogP contribution is -2.30. The Morgan fingerprint density at radius 2 is 2.36 bits per heavy atom. The predicted molar refractivity (Wildman–Crippen MR) is 51.8 cm³/mol. The highest BCUT2D eigenvalue weighted by molar-refractivity contribution is 5.66. The minimum absolute atomic E-state index is 0.183. The van der Waals surface area contributed by atoms with Gasteiger partial charge in [-0.3, -0.25) is 4.79 Å². The molecule has 1 heterocycles. The Morgan fingerprint density at radius 3 is 3.00 bits per heavy atom. The van der Waals surface area contributed by atoms with Crippen LogP contribution >= 0.6 is 0 Å². The van der Waals surface area contributed by atoms with Crippen molar-refractivity contribution in [3.63, 3.8) is 0 Å². The molecule has 0 saturated heterocycles. The molecule has 0 aliphatic rings. The number of unbranched alkanes of at least 4 members (excludes halogenated alkanes) is 1. The number of rotatable bonds is 6. The van der Waals surface area contributed by atoms with Gasteiger partial charge in [-0.05, 0) is 6.42 Å². The summed E-state index contributed by atoms with van der Waals surface area (Å²) in [7, 11) is 0. The molecular formula is C10H17N2O2+. The summed E-state index contributed by atoms with van der Waals surface area (Å²) in [6, 6.07) is 0. The van der Waals surface area contributed by atoms with E-state index in [1.807, 2.05) is 23.3 Å². The van der Waals surface area contributed by atoms with Crippen molar-refractivity contribution < 1.29 is 14.5 Å². The van der Waals surface area contributed by atoms with E-state index in [2.05, 4.69) is 11.5 Å². The standard InChI is InChI=1S/C10H16N2O2/c1-2-3-5-11-7-8-12(9-11)6-4-10(13)14/h7-9H,2-6H2,1H3/p+1. The molecule has 4 nitrogen and oxygen atoms in total. The molecule has 0 aromatic carbocycles. The molecular weight excluding hydrogens is 180 g/mol. The van der Waals surface area contributed by atoms with Gasteiger partial charge < -0.3 is 5.11 Å². The fourth-order valence-corrected chi connectivity index (χ4v) is 1.27. The first-order chi connectivity index (χ1) is 6.72. The summed E-state index contributed by atoms with van der Waals surface area (Å²) >= 11 is 0. The zero-order valence-electron chi connectivity index (χ0n) is 8.52. The lowest BCUT2D eigenvalue weighted by atomic mass is 10.3. The maximum Gasteiger partial charge on any atom is 0.307 e. The van der Waals surface area contributed by atoms with Crippen LogP contribution in [0.25, 0.3) is 0 Å². The monoisotopic (exact) mass is 197 g/mol. The Bertz CT molecular complexity index is 294. The van der Waals surface area contributed by atoms with E-state index in [1.54, 1.807) is 0 Å². The molecule has 0 unspecified atom stereocenters. The zero-order valence-corrected chi connectivity index (χ0v) is 8.52. The normalized spacial score (nSPS) is 10.4. The second kappa shape index (κ2) is 5.42. The van der Waals surface area contributed by atoms with Crippen molar-refractivity contribution in [3.05, 3.63) is 18.7 Å². The number of carboxylic acid groups (broad SMARTS) is 1. The Kier molecular flexibility index (Phi) is 4.16. The molecule has 0 amide bonds. The van der Waals surface area contributed by atoms with Crippen LogP contribution in [-0.2, 0) is 17.9 Å². The third-order valence-corrected chi connectivity index (χ3v) is 2.10. The summed E-state index contributed by atoms with van der Waals surface area (Å²) < 4.78 is 4.00. The van der Waals surface area contributed by atoms with Crippen molar-refractivity contribution >= 4 is 5.97 Å². The first kappa shape index (κ1) is 10.8. The van der Waals surface area contributed by atoms with Crippen LogP contribution in [0.3, 0.4) is 0 Å². The number of nitrogens with zero attached hydrogens (tertiary/aromatic N) is 2. The summed E-state index contributed by atoms with van der Waals surface area (Å²) in [6.07, 6.45) is 8.37. The SMILES string of the molecule is CCCC[n+]1ccn(CCC(=O)O)c1. The van der Waals surface area contributed by atoms with Gasteiger partial charge in [-0.15, -0.1) is 0 Å². The summed E-state index contributed by atoms with van der Waals surface area (Å²) in [5.41, 5.74) is 0. The van der Waals surface area contributed by atoms with Crippen LogP contribution in [0.2, 0.25) is 0 Å². The number of aliphatic carboxylic acids is 1. The average Bonchev–Trinajstić information content (AvgIpc) is 2.59. The van der Waals surface area contributed by atoms with E-state index >= 15 is 0 Å². The van der Waals surface area contributed by atoms with Gasteiger partial charge in [0.2, 0.25) is 6.33 Å². The molecule has 14 heavy (non-hydrogen) atoms. The summed E-state index contributed by atoms with van der Waals surface area (Å²) in [5, 5.41) is 8.50. The van der Waals surface area contributed by atoms with Gasteiger partial charge in [-0.2, -0.15) is 0 Å². The van der Waals surface area contributed by atoms with E-state index in [-0.39, 0.29) is 6.42 Å². The van der Waals surface area contributed by atoms with Crippen LogP contribution in [0.15, 0.2) is 18.7 Å². The molecule has 0 bridgehead atoms. The lowest BCUT2D eigenvalue weighted by molar-refractivity contribution is -0.696. The minimum Gasteiger partial charge on any atom is -0.481 e. The number of aryl methyl sites for hydroxylation is 2. The molecule has 0 fully saturated rings. The fourth-order valence-electron chi connectivity index (χ4n) is 1.27. The second-order valence-electron chi connectivity index (χ2n) is 3.39. The van der Waals surface area contributed by atoms with Gasteiger partial charge in [0.25, 0.3) is 0 Å². The molecule has 78 valence electrons. The first-order valence-corrected chi connectivity index (χ1v) is 4.99. The topological polar surface area (TPSA) is 46.1 Å². The summed E-state index contributed by atoms with van der Waals surface area (Å²) in [6.45, 7) is 3.72. The lowest BCUT2D eigenvalue weighted by Gasteiger charge is -1.93. The molecule has 1 N–H and O–H groups in total. The maximum absolute atomic E-state index is 10.3. The molecule has 1 aromatic heterocycles. The summed E-state index contributed by atoms with van der Waals surface area (Å²) in [5.74, 6) is -0.751. The number of imidazole rings is 1. The molecule has 0 spiro atoms. The van der Waals surface area contributed by atoms with E-state index in [0.717, 1.165) is 13.0 Å². The summed E-state index contributed by atoms with van der Waals surface area (Å²) in [4.78, 5) is 10.3. The Labute approximate surface area is 83.8 Å². The Balaban J connectivity index is 2.38. The number of hydrogen-bond donors (Lipinski definition) is 1. The van der Waals surface area contributed by atoms with E-state index in [9.17, 15) is 4.79 Å². The van der Waals surface area contributed by atoms with Crippen LogP contribution in [0.1, 0.15) is 26.2 Å². The number of hydrogen-bond acceptors (Lipinski definition) is 1. The largest absolute Gasteiger partial charge is 0.481 e. The van der Waals surface area contributed by atoms with E-state index in [0.29, 0.717) is 6.54 Å². The first-order valence-electron chi connectivity index (χ1n) is 4.99. The van der Waals surface area contributed by atoms with Crippen LogP contribution < -0.4 is 4.57 Å². The van der Waals surface area contributed by atoms with E-state index in [4.69, 9.17) is 5.11 Å². The van der Waals surface area contributed by atoms with Gasteiger partial charge >= 0.3 is 5.97 Å². The Hall–Kier alpha value is -1.32. The minimum atomic E-state index is -0.751. The van der Waals surface area contributed by atoms with E-state index < -0.39 is 5.97 Å². The predicted octanol–water partition coefficient (Wildman–Crippen LogP) is 1.05. The van der Waals surface area contributed by atoms with Crippen molar-refractivity contribution in [2.45, 2.75) is 39.3 Å². The second-order valence-corrected chi connectivity index (χ2v) is 3.39. The number of aromatic nitrogens is 2. The molecule has 1 aromatic rings. The highest BCUT2D eigenvalue weighted by Crippen LogP contribution is 1.91. The maximum atomic E-state index is 10.3. The van der Waals surface area contributed by atoms with Gasteiger partial charge in [-0.1, -0.05) is 13.3 Å². The Morgan fingerprint density at radius 1 is 1.57 bits per heavy atom. The molecule has 0 atom stereocenters.